The molecule has 0 saturated carbocycles. The fourth-order valence-electron chi connectivity index (χ4n) is 1.59. The van der Waals surface area contributed by atoms with Crippen LogP contribution in [0.2, 0.25) is 0 Å². The van der Waals surface area contributed by atoms with Crippen LogP contribution in [0.1, 0.15) is 20.8 Å². The van der Waals surface area contributed by atoms with Crippen molar-refractivity contribution in [1.29, 1.82) is 0 Å². The average Bonchev–Trinajstić information content (AvgIpc) is 2.77. The van der Waals surface area contributed by atoms with Gasteiger partial charge in [0.05, 0.1) is 17.5 Å². The molecule has 90 valence electrons. The third-order valence-electron chi connectivity index (χ3n) is 2.52. The van der Waals surface area contributed by atoms with Crippen molar-refractivity contribution in [3.8, 4) is 5.75 Å². The van der Waals surface area contributed by atoms with E-state index in [1.165, 1.54) is 5.56 Å². The molecule has 0 fully saturated rings. The van der Waals surface area contributed by atoms with Gasteiger partial charge in [0.25, 0.3) is 0 Å². The fourth-order valence-corrected chi connectivity index (χ4v) is 2.72. The molecular weight excluding hydrogens is 254 g/mol. The Hall–Kier alpha value is -1.06. The van der Waals surface area contributed by atoms with Gasteiger partial charge in [-0.2, -0.15) is 0 Å². The Labute approximate surface area is 110 Å². The van der Waals surface area contributed by atoms with Crippen LogP contribution in [0.25, 0.3) is 0 Å². The largest absolute Gasteiger partial charge is 0.497 e. The lowest BCUT2D eigenvalue weighted by Crippen LogP contribution is -1.93. The first-order valence-corrected chi connectivity index (χ1v) is 6.63. The van der Waals surface area contributed by atoms with Crippen molar-refractivity contribution in [1.82, 2.24) is 4.98 Å². The maximum Gasteiger partial charge on any atom is 0.118 e. The van der Waals surface area contributed by atoms with Crippen LogP contribution in [0.4, 0.5) is 0 Å². The van der Waals surface area contributed by atoms with E-state index in [0.29, 0.717) is 0 Å². The Bertz CT molecular complexity index is 480. The van der Waals surface area contributed by atoms with Gasteiger partial charge in [0.15, 0.2) is 0 Å². The molecule has 0 bridgehead atoms. The lowest BCUT2D eigenvalue weighted by Gasteiger charge is -2.07. The minimum atomic E-state index is -0.00500. The molecule has 0 aliphatic carbocycles. The van der Waals surface area contributed by atoms with Gasteiger partial charge in [-0.25, -0.2) is 4.98 Å². The van der Waals surface area contributed by atoms with Crippen LogP contribution in [0, 0.1) is 6.92 Å². The van der Waals surface area contributed by atoms with Crippen LogP contribution in [0.15, 0.2) is 30.5 Å². The molecule has 2 aromatic rings. The van der Waals surface area contributed by atoms with Gasteiger partial charge < -0.3 is 4.74 Å². The minimum Gasteiger partial charge on any atom is -0.497 e. The van der Waals surface area contributed by atoms with E-state index < -0.39 is 0 Å². The molecule has 1 aromatic heterocycles. The van der Waals surface area contributed by atoms with Crippen LogP contribution < -0.4 is 4.74 Å². The molecule has 0 saturated heterocycles. The van der Waals surface area contributed by atoms with E-state index in [-0.39, 0.29) is 5.38 Å². The van der Waals surface area contributed by atoms with Gasteiger partial charge in [0.2, 0.25) is 0 Å². The van der Waals surface area contributed by atoms with E-state index in [1.54, 1.807) is 18.4 Å². The molecule has 1 heterocycles. The SMILES string of the molecule is COc1ccc(CC(Cl)c2cnc(C)s2)cc1. The molecule has 2 rings (SSSR count). The quantitative estimate of drug-likeness (QED) is 0.782. The minimum absolute atomic E-state index is 0.00500. The van der Waals surface area contributed by atoms with Crippen LogP contribution in [0.5, 0.6) is 5.75 Å². The van der Waals surface area contributed by atoms with Crippen molar-refractivity contribution in [3.63, 3.8) is 0 Å². The number of ether oxygens (including phenoxy) is 1. The molecule has 17 heavy (non-hydrogen) atoms. The summed E-state index contributed by atoms with van der Waals surface area (Å²) in [5.41, 5.74) is 1.21. The molecule has 0 radical (unpaired) electrons. The van der Waals surface area contributed by atoms with Crippen LogP contribution >= 0.6 is 22.9 Å². The first-order chi connectivity index (χ1) is 8.19. The number of benzene rings is 1. The Morgan fingerprint density at radius 1 is 1.35 bits per heavy atom. The molecule has 1 aromatic carbocycles. The van der Waals surface area contributed by atoms with Gasteiger partial charge in [-0.1, -0.05) is 12.1 Å². The highest BCUT2D eigenvalue weighted by atomic mass is 35.5. The standard InChI is InChI=1S/C13H14ClNOS/c1-9-15-8-13(17-9)12(14)7-10-3-5-11(16-2)6-4-10/h3-6,8,12H,7H2,1-2H3. The molecule has 0 aliphatic rings. The summed E-state index contributed by atoms with van der Waals surface area (Å²) in [6.07, 6.45) is 2.67. The Morgan fingerprint density at radius 3 is 2.59 bits per heavy atom. The number of alkyl halides is 1. The lowest BCUT2D eigenvalue weighted by molar-refractivity contribution is 0.414. The van der Waals surface area contributed by atoms with E-state index in [0.717, 1.165) is 22.1 Å². The average molecular weight is 268 g/mol. The highest BCUT2D eigenvalue weighted by Gasteiger charge is 2.11. The van der Waals surface area contributed by atoms with Gasteiger partial charge in [-0.15, -0.1) is 22.9 Å². The number of thiazole rings is 1. The van der Waals surface area contributed by atoms with E-state index >= 15 is 0 Å². The molecule has 0 aliphatic heterocycles. The highest BCUT2D eigenvalue weighted by Crippen LogP contribution is 2.29. The zero-order chi connectivity index (χ0) is 12.3. The smallest absolute Gasteiger partial charge is 0.118 e. The number of nitrogens with zero attached hydrogens (tertiary/aromatic N) is 1. The summed E-state index contributed by atoms with van der Waals surface area (Å²) >= 11 is 8.02. The molecule has 0 amide bonds. The zero-order valence-electron chi connectivity index (χ0n) is 9.81. The molecule has 4 heteroatoms. The van der Waals surface area contributed by atoms with E-state index in [2.05, 4.69) is 4.98 Å². The van der Waals surface area contributed by atoms with E-state index in [9.17, 15) is 0 Å². The lowest BCUT2D eigenvalue weighted by atomic mass is 10.1. The first-order valence-electron chi connectivity index (χ1n) is 5.38. The summed E-state index contributed by atoms with van der Waals surface area (Å²) in [5.74, 6) is 0.869. The Morgan fingerprint density at radius 2 is 2.06 bits per heavy atom. The number of methoxy groups -OCH3 is 1. The van der Waals surface area contributed by atoms with Crippen molar-refractivity contribution >= 4 is 22.9 Å². The molecule has 2 nitrogen and oxygen atoms in total. The summed E-state index contributed by atoms with van der Waals surface area (Å²) in [6, 6.07) is 8.00. The number of rotatable bonds is 4. The van der Waals surface area contributed by atoms with Crippen molar-refractivity contribution < 1.29 is 4.74 Å². The molecule has 1 unspecified atom stereocenters. The van der Waals surface area contributed by atoms with Crippen molar-refractivity contribution in [3.05, 3.63) is 45.9 Å². The zero-order valence-corrected chi connectivity index (χ0v) is 11.4. The normalized spacial score (nSPS) is 12.4. The number of aromatic nitrogens is 1. The topological polar surface area (TPSA) is 22.1 Å². The van der Waals surface area contributed by atoms with Crippen molar-refractivity contribution in [2.24, 2.45) is 0 Å². The fraction of sp³-hybridized carbons (Fsp3) is 0.308. The maximum atomic E-state index is 6.37. The van der Waals surface area contributed by atoms with Crippen LogP contribution in [-0.2, 0) is 6.42 Å². The summed E-state index contributed by atoms with van der Waals surface area (Å²) in [4.78, 5) is 5.35. The van der Waals surface area contributed by atoms with Gasteiger partial charge in [-0.3, -0.25) is 0 Å². The molecule has 1 atom stereocenters. The summed E-state index contributed by atoms with van der Waals surface area (Å²) < 4.78 is 5.12. The van der Waals surface area contributed by atoms with Gasteiger partial charge in [0, 0.05) is 11.1 Å². The molecular formula is C13H14ClNOS. The third kappa shape index (κ3) is 3.20. The first kappa shape index (κ1) is 12.4. The van der Waals surface area contributed by atoms with Crippen LogP contribution in [0.3, 0.4) is 0 Å². The number of hydrogen-bond acceptors (Lipinski definition) is 3. The predicted octanol–water partition coefficient (Wildman–Crippen LogP) is 3.98. The summed E-state index contributed by atoms with van der Waals surface area (Å²) in [5, 5.41) is 1.05. The number of hydrogen-bond donors (Lipinski definition) is 0. The van der Waals surface area contributed by atoms with E-state index in [1.807, 2.05) is 37.4 Å². The second kappa shape index (κ2) is 5.52. The molecule has 0 N–H and O–H groups in total. The highest BCUT2D eigenvalue weighted by molar-refractivity contribution is 7.11. The maximum absolute atomic E-state index is 6.37. The Balaban J connectivity index is 2.04. The number of halogens is 1. The van der Waals surface area contributed by atoms with Gasteiger partial charge in [-0.05, 0) is 31.0 Å². The van der Waals surface area contributed by atoms with Crippen molar-refractivity contribution in [2.45, 2.75) is 18.7 Å². The third-order valence-corrected chi connectivity index (χ3v) is 4.07. The molecule has 0 spiro atoms. The van der Waals surface area contributed by atoms with Crippen molar-refractivity contribution in [2.75, 3.05) is 7.11 Å². The van der Waals surface area contributed by atoms with E-state index in [4.69, 9.17) is 16.3 Å². The Kier molecular flexibility index (Phi) is 4.02. The van der Waals surface area contributed by atoms with Gasteiger partial charge in [0.1, 0.15) is 5.75 Å². The predicted molar refractivity (Wildman–Crippen MR) is 72.1 cm³/mol. The monoisotopic (exact) mass is 267 g/mol. The second-order valence-electron chi connectivity index (χ2n) is 3.80. The second-order valence-corrected chi connectivity index (χ2v) is 5.59. The van der Waals surface area contributed by atoms with Crippen LogP contribution in [-0.4, -0.2) is 12.1 Å². The van der Waals surface area contributed by atoms with Gasteiger partial charge >= 0.3 is 0 Å². The number of aryl methyl sites for hydroxylation is 1. The summed E-state index contributed by atoms with van der Waals surface area (Å²) in [7, 11) is 1.67. The summed E-state index contributed by atoms with van der Waals surface area (Å²) in [6.45, 7) is 1.99.